The van der Waals surface area contributed by atoms with E-state index in [0.29, 0.717) is 0 Å². The van der Waals surface area contributed by atoms with Crippen LogP contribution in [0.5, 0.6) is 0 Å². The van der Waals surface area contributed by atoms with Crippen LogP contribution in [0.4, 0.5) is 4.79 Å². The van der Waals surface area contributed by atoms with Crippen LogP contribution in [0.15, 0.2) is 4.99 Å². The third kappa shape index (κ3) is 8.55. The Kier molecular flexibility index (Phi) is 7.06. The SMILES string of the molecule is CC(C)(C)OC(=O)N[C@H](CC[C@@H](N=C(N)N)[N+](=O)[O-])C(=O)O. The van der Waals surface area contributed by atoms with Gasteiger partial charge in [0.05, 0.1) is 0 Å². The number of amides is 1. The molecular weight excluding hydrogens is 298 g/mol. The number of hydrogen-bond donors (Lipinski definition) is 4. The first-order valence-electron chi connectivity index (χ1n) is 6.37. The zero-order valence-electron chi connectivity index (χ0n) is 12.6. The van der Waals surface area contributed by atoms with Gasteiger partial charge in [0.1, 0.15) is 11.6 Å². The fourth-order valence-corrected chi connectivity index (χ4v) is 1.41. The van der Waals surface area contributed by atoms with Crippen LogP contribution in [-0.4, -0.2) is 45.9 Å². The van der Waals surface area contributed by atoms with Gasteiger partial charge in [0.15, 0.2) is 5.96 Å². The first-order valence-corrected chi connectivity index (χ1v) is 6.37. The average Bonchev–Trinajstić information content (AvgIpc) is 2.29. The minimum Gasteiger partial charge on any atom is -0.480 e. The molecule has 0 aromatic heterocycles. The van der Waals surface area contributed by atoms with Crippen molar-refractivity contribution in [3.63, 3.8) is 0 Å². The first-order chi connectivity index (χ1) is 9.92. The largest absolute Gasteiger partial charge is 0.480 e. The van der Waals surface area contributed by atoms with E-state index in [0.717, 1.165) is 0 Å². The molecule has 11 heteroatoms. The topological polar surface area (TPSA) is 183 Å². The number of nitrogens with one attached hydrogen (secondary N) is 1. The van der Waals surface area contributed by atoms with Crippen LogP contribution in [0, 0.1) is 10.1 Å². The van der Waals surface area contributed by atoms with Crippen molar-refractivity contribution in [2.45, 2.75) is 51.4 Å². The second kappa shape index (κ2) is 8.00. The van der Waals surface area contributed by atoms with Gasteiger partial charge < -0.3 is 26.6 Å². The third-order valence-electron chi connectivity index (χ3n) is 2.24. The quantitative estimate of drug-likeness (QED) is 0.212. The van der Waals surface area contributed by atoms with E-state index >= 15 is 0 Å². The van der Waals surface area contributed by atoms with E-state index in [1.54, 1.807) is 20.8 Å². The van der Waals surface area contributed by atoms with Crippen molar-refractivity contribution in [1.29, 1.82) is 0 Å². The second-order valence-corrected chi connectivity index (χ2v) is 5.43. The number of aliphatic carboxylic acids is 1. The number of nitrogens with zero attached hydrogens (tertiary/aromatic N) is 2. The van der Waals surface area contributed by atoms with E-state index in [2.05, 4.69) is 10.3 Å². The van der Waals surface area contributed by atoms with E-state index in [9.17, 15) is 19.7 Å². The molecule has 0 spiro atoms. The van der Waals surface area contributed by atoms with E-state index in [1.807, 2.05) is 0 Å². The summed E-state index contributed by atoms with van der Waals surface area (Å²) in [7, 11) is 0. The van der Waals surface area contributed by atoms with Crippen molar-refractivity contribution in [3.8, 4) is 0 Å². The highest BCUT2D eigenvalue weighted by Crippen LogP contribution is 2.10. The van der Waals surface area contributed by atoms with Crippen LogP contribution in [0.3, 0.4) is 0 Å². The molecule has 0 saturated carbocycles. The molecule has 1 amide bonds. The number of carboxylic acids is 1. The summed E-state index contributed by atoms with van der Waals surface area (Å²) in [6, 6.07) is -1.36. The maximum atomic E-state index is 11.5. The number of carboxylic acid groups (broad SMARTS) is 1. The van der Waals surface area contributed by atoms with Gasteiger partial charge >= 0.3 is 18.2 Å². The van der Waals surface area contributed by atoms with Gasteiger partial charge in [-0.2, -0.15) is 4.99 Å². The lowest BCUT2D eigenvalue weighted by molar-refractivity contribution is -0.521. The Bertz CT molecular complexity index is 454. The highest BCUT2D eigenvalue weighted by atomic mass is 16.6. The van der Waals surface area contributed by atoms with Crippen molar-refractivity contribution in [2.24, 2.45) is 16.5 Å². The van der Waals surface area contributed by atoms with E-state index in [4.69, 9.17) is 21.3 Å². The van der Waals surface area contributed by atoms with Gasteiger partial charge in [0.2, 0.25) is 0 Å². The van der Waals surface area contributed by atoms with Crippen molar-refractivity contribution in [1.82, 2.24) is 5.32 Å². The lowest BCUT2D eigenvalue weighted by atomic mass is 10.1. The smallest absolute Gasteiger partial charge is 0.408 e. The molecule has 22 heavy (non-hydrogen) atoms. The number of nitro groups is 1. The molecule has 0 aliphatic carbocycles. The van der Waals surface area contributed by atoms with Gasteiger partial charge in [-0.05, 0) is 27.2 Å². The third-order valence-corrected chi connectivity index (χ3v) is 2.24. The molecule has 0 aromatic carbocycles. The standard InChI is InChI=1S/C11H21N5O6/c1-11(2,3)22-10(19)14-6(8(17)18)4-5-7(16(20)21)15-9(12)13/h6-7H,4-5H2,1-3H3,(H,14,19)(H,17,18)(H4,12,13,15)/t6-,7+/m1/s1. The molecule has 0 radical (unpaired) electrons. The number of nitrogens with two attached hydrogens (primary N) is 2. The minimum absolute atomic E-state index is 0.239. The summed E-state index contributed by atoms with van der Waals surface area (Å²) in [5.41, 5.74) is 9.33. The zero-order chi connectivity index (χ0) is 17.5. The Morgan fingerprint density at radius 2 is 1.91 bits per heavy atom. The average molecular weight is 319 g/mol. The number of ether oxygens (including phenoxy) is 1. The molecule has 11 nitrogen and oxygen atoms in total. The van der Waals surface area contributed by atoms with E-state index in [1.165, 1.54) is 0 Å². The number of aliphatic imine (C=N–C) groups is 1. The van der Waals surface area contributed by atoms with Crippen LogP contribution in [0.2, 0.25) is 0 Å². The summed E-state index contributed by atoms with van der Waals surface area (Å²) < 4.78 is 4.92. The molecule has 0 aliphatic heterocycles. The Morgan fingerprint density at radius 1 is 1.36 bits per heavy atom. The molecule has 6 N–H and O–H groups in total. The molecule has 0 saturated heterocycles. The summed E-state index contributed by atoms with van der Waals surface area (Å²) >= 11 is 0. The lowest BCUT2D eigenvalue weighted by Crippen LogP contribution is -2.44. The molecule has 126 valence electrons. The molecule has 0 aromatic rings. The fourth-order valence-electron chi connectivity index (χ4n) is 1.41. The normalized spacial score (nSPS) is 13.6. The van der Waals surface area contributed by atoms with Gasteiger partial charge in [-0.15, -0.1) is 0 Å². The molecular formula is C11H21N5O6. The summed E-state index contributed by atoms with van der Waals surface area (Å²) in [5.74, 6) is -1.83. The van der Waals surface area contributed by atoms with Gasteiger partial charge in [-0.3, -0.25) is 10.1 Å². The Labute approximate surface area is 126 Å². The molecule has 0 aliphatic rings. The Hall–Kier alpha value is -2.59. The zero-order valence-corrected chi connectivity index (χ0v) is 12.6. The van der Waals surface area contributed by atoms with Gasteiger partial charge in [0, 0.05) is 11.3 Å². The molecule has 0 unspecified atom stereocenters. The molecule has 0 fully saturated rings. The Morgan fingerprint density at radius 3 is 2.27 bits per heavy atom. The molecule has 0 bridgehead atoms. The lowest BCUT2D eigenvalue weighted by Gasteiger charge is -2.22. The van der Waals surface area contributed by atoms with Crippen LogP contribution in [0.1, 0.15) is 33.6 Å². The van der Waals surface area contributed by atoms with Crippen LogP contribution < -0.4 is 16.8 Å². The van der Waals surface area contributed by atoms with Gasteiger partial charge in [-0.1, -0.05) is 0 Å². The fraction of sp³-hybridized carbons (Fsp3) is 0.727. The van der Waals surface area contributed by atoms with Gasteiger partial charge in [-0.25, -0.2) is 9.59 Å². The molecule has 0 rings (SSSR count). The molecule has 2 atom stereocenters. The van der Waals surface area contributed by atoms with Gasteiger partial charge in [0.25, 0.3) is 0 Å². The highest BCUT2D eigenvalue weighted by molar-refractivity contribution is 5.80. The van der Waals surface area contributed by atoms with E-state index < -0.39 is 40.8 Å². The maximum Gasteiger partial charge on any atom is 0.408 e. The molecule has 0 heterocycles. The number of carbonyl (C=O) groups excluding carboxylic acids is 1. The second-order valence-electron chi connectivity index (χ2n) is 5.43. The monoisotopic (exact) mass is 319 g/mol. The number of rotatable bonds is 7. The van der Waals surface area contributed by atoms with Crippen LogP contribution >= 0.6 is 0 Å². The summed E-state index contributed by atoms with van der Waals surface area (Å²) in [4.78, 5) is 36.0. The number of carbonyl (C=O) groups is 2. The Balaban J connectivity index is 4.72. The summed E-state index contributed by atoms with van der Waals surface area (Å²) in [6.07, 6.45) is -2.92. The maximum absolute atomic E-state index is 11.5. The van der Waals surface area contributed by atoms with Crippen molar-refractivity contribution < 1.29 is 24.4 Å². The van der Waals surface area contributed by atoms with Crippen molar-refractivity contribution in [2.75, 3.05) is 0 Å². The van der Waals surface area contributed by atoms with Crippen molar-refractivity contribution >= 4 is 18.0 Å². The summed E-state index contributed by atoms with van der Waals surface area (Å²) in [6.45, 7) is 4.84. The first kappa shape index (κ1) is 19.4. The highest BCUT2D eigenvalue weighted by Gasteiger charge is 2.27. The predicted molar refractivity (Wildman–Crippen MR) is 76.6 cm³/mol. The number of hydrogen-bond acceptors (Lipinski definition) is 6. The van der Waals surface area contributed by atoms with Crippen molar-refractivity contribution in [3.05, 3.63) is 10.1 Å². The van der Waals surface area contributed by atoms with E-state index in [-0.39, 0.29) is 12.8 Å². The predicted octanol–water partition coefficient (Wildman–Crippen LogP) is -0.379. The minimum atomic E-state index is -1.48. The van der Waals surface area contributed by atoms with Crippen LogP contribution in [0.25, 0.3) is 0 Å². The number of alkyl carbamates (subject to hydrolysis) is 1. The van der Waals surface area contributed by atoms with Crippen LogP contribution in [-0.2, 0) is 9.53 Å². The summed E-state index contributed by atoms with van der Waals surface area (Å²) in [5, 5.41) is 21.9. The number of guanidine groups is 1.